The minimum atomic E-state index is -1.28. The molecule has 37 heavy (non-hydrogen) atoms. The Morgan fingerprint density at radius 2 is 1.97 bits per heavy atom. The maximum atomic E-state index is 13.1. The second-order valence-electron chi connectivity index (χ2n) is 7.95. The molecule has 1 saturated heterocycles. The van der Waals surface area contributed by atoms with Gasteiger partial charge in [0.1, 0.15) is 29.9 Å². The Labute approximate surface area is 220 Å². The van der Waals surface area contributed by atoms with Crippen LogP contribution in [0.1, 0.15) is 26.5 Å². The molecule has 0 spiro atoms. The molecule has 1 aromatic rings. The molecule has 0 aromatic carbocycles. The number of β-lactam (4-membered cyclic amide) rings is 1. The Bertz CT molecular complexity index is 1120. The number of nitrogens with zero attached hydrogens (tertiary/aromatic N) is 3. The Kier molecular flexibility index (Phi) is 9.34. The van der Waals surface area contributed by atoms with Crippen molar-refractivity contribution in [3.63, 3.8) is 0 Å². The van der Waals surface area contributed by atoms with Gasteiger partial charge in [-0.3, -0.25) is 14.5 Å². The average molecular weight is 558 g/mol. The first-order valence-electron chi connectivity index (χ1n) is 10.9. The first-order valence-corrected chi connectivity index (χ1v) is 12.9. The first kappa shape index (κ1) is 28.2. The third-order valence-corrected chi connectivity index (χ3v) is 6.89. The molecule has 1 aromatic heterocycles. The zero-order valence-electron chi connectivity index (χ0n) is 20.7. The maximum absolute atomic E-state index is 13.1. The van der Waals surface area contributed by atoms with Crippen LogP contribution in [0.15, 0.2) is 21.8 Å². The van der Waals surface area contributed by atoms with E-state index in [1.807, 2.05) is 0 Å². The number of amides is 2. The Morgan fingerprint density at radius 1 is 1.24 bits per heavy atom. The molecule has 0 saturated carbocycles. The molecular formula is C21H27N5O9S2. The third-order valence-electron chi connectivity index (χ3n) is 4.88. The number of hydrogen-bond acceptors (Lipinski definition) is 14. The van der Waals surface area contributed by atoms with Crippen molar-refractivity contribution < 1.29 is 43.0 Å². The van der Waals surface area contributed by atoms with Gasteiger partial charge in [-0.05, 0) is 19.4 Å². The van der Waals surface area contributed by atoms with Gasteiger partial charge in [0, 0.05) is 25.2 Å². The summed E-state index contributed by atoms with van der Waals surface area (Å²) in [6.07, 6.45) is -2.71. The number of nitrogens with one attached hydrogen (secondary N) is 1. The van der Waals surface area contributed by atoms with Crippen LogP contribution in [0.3, 0.4) is 0 Å². The number of thioether (sulfide) groups is 1. The predicted molar refractivity (Wildman–Crippen MR) is 132 cm³/mol. The summed E-state index contributed by atoms with van der Waals surface area (Å²) in [5, 5.41) is 7.49. The van der Waals surface area contributed by atoms with Crippen molar-refractivity contribution in [2.75, 3.05) is 32.3 Å². The summed E-state index contributed by atoms with van der Waals surface area (Å²) in [6.45, 7) is 4.68. The van der Waals surface area contributed by atoms with Crippen LogP contribution in [0.5, 0.6) is 0 Å². The molecule has 3 N–H and O–H groups in total. The lowest BCUT2D eigenvalue weighted by Gasteiger charge is -2.49. The maximum Gasteiger partial charge on any atom is 0.511 e. The van der Waals surface area contributed by atoms with Gasteiger partial charge in [0.05, 0.1) is 12.7 Å². The smallest absolute Gasteiger partial charge is 0.431 e. The first-order chi connectivity index (χ1) is 17.6. The number of nitrogen functional groups attached to an aromatic ring is 1. The van der Waals surface area contributed by atoms with Crippen molar-refractivity contribution in [1.82, 2.24) is 15.2 Å². The number of hydrogen-bond donors (Lipinski definition) is 2. The summed E-state index contributed by atoms with van der Waals surface area (Å²) >= 11 is 2.45. The van der Waals surface area contributed by atoms with E-state index in [4.69, 9.17) is 29.5 Å². The SMILES string of the molecule is COCC1=C(C(=O)O[C@@H](C)OC(=O)OC(C)C)N2C(=O)[C@@H](NC(=O)C(=NOC)c3csc(N)n3)[C@H]2SC1. The monoisotopic (exact) mass is 557 g/mol. The van der Waals surface area contributed by atoms with Crippen LogP contribution >= 0.6 is 23.1 Å². The molecule has 14 nitrogen and oxygen atoms in total. The van der Waals surface area contributed by atoms with Gasteiger partial charge in [-0.25, -0.2) is 14.6 Å². The van der Waals surface area contributed by atoms with Gasteiger partial charge in [-0.1, -0.05) is 5.16 Å². The number of rotatable bonds is 10. The van der Waals surface area contributed by atoms with Crippen LogP contribution in [0.2, 0.25) is 0 Å². The molecule has 0 aliphatic carbocycles. The highest BCUT2D eigenvalue weighted by molar-refractivity contribution is 8.00. The molecule has 3 heterocycles. The van der Waals surface area contributed by atoms with Gasteiger partial charge in [-0.2, -0.15) is 0 Å². The van der Waals surface area contributed by atoms with Crippen LogP contribution in [-0.4, -0.2) is 89.9 Å². The Morgan fingerprint density at radius 3 is 2.57 bits per heavy atom. The number of nitrogens with two attached hydrogens (primary N) is 1. The lowest BCUT2D eigenvalue weighted by Crippen LogP contribution is -2.71. The zero-order valence-corrected chi connectivity index (χ0v) is 22.3. The fourth-order valence-electron chi connectivity index (χ4n) is 3.45. The zero-order chi connectivity index (χ0) is 27.3. The van der Waals surface area contributed by atoms with Crippen molar-refractivity contribution in [2.24, 2.45) is 5.16 Å². The highest BCUT2D eigenvalue weighted by Gasteiger charge is 2.55. The molecule has 2 aliphatic heterocycles. The van der Waals surface area contributed by atoms with Gasteiger partial charge in [0.15, 0.2) is 10.8 Å². The van der Waals surface area contributed by atoms with Crippen LogP contribution in [-0.2, 0) is 38.2 Å². The van der Waals surface area contributed by atoms with Crippen molar-refractivity contribution >= 4 is 57.9 Å². The lowest BCUT2D eigenvalue weighted by molar-refractivity contribution is -0.169. The van der Waals surface area contributed by atoms with Gasteiger partial charge in [0.2, 0.25) is 6.29 Å². The predicted octanol–water partition coefficient (Wildman–Crippen LogP) is 0.827. The minimum absolute atomic E-state index is 0.0353. The number of fused-ring (bicyclic) bond motifs is 1. The summed E-state index contributed by atoms with van der Waals surface area (Å²) in [5.74, 6) is -1.81. The molecule has 2 amide bonds. The standard InChI is InChI=1S/C21H27N5O9S2/c1-9(2)33-21(30)35-10(3)34-19(29)15-11(6-31-4)7-36-18-14(17(28)26(15)18)24-16(27)13(25-32-5)12-8-37-20(22)23-12/h8-10,14,18H,6-7H2,1-5H3,(H2,22,23)(H,24,27)/t10-,14-,18-/m1/s1. The second-order valence-corrected chi connectivity index (χ2v) is 9.94. The number of aromatic nitrogens is 1. The van der Waals surface area contributed by atoms with Crippen LogP contribution in [0, 0.1) is 0 Å². The largest absolute Gasteiger partial charge is 0.511 e. The summed E-state index contributed by atoms with van der Waals surface area (Å²) in [7, 11) is 2.71. The Hall–Kier alpha value is -3.37. The van der Waals surface area contributed by atoms with E-state index in [1.54, 1.807) is 13.8 Å². The highest BCUT2D eigenvalue weighted by atomic mass is 32.2. The summed E-state index contributed by atoms with van der Waals surface area (Å²) < 4.78 is 20.2. The van der Waals surface area contributed by atoms with Crippen LogP contribution in [0.4, 0.5) is 9.93 Å². The number of thiazole rings is 1. The highest BCUT2D eigenvalue weighted by Crippen LogP contribution is 2.41. The lowest BCUT2D eigenvalue weighted by atomic mass is 10.0. The molecule has 2 aliphatic rings. The molecule has 0 radical (unpaired) electrons. The summed E-state index contributed by atoms with van der Waals surface area (Å²) in [5.41, 5.74) is 6.15. The summed E-state index contributed by atoms with van der Waals surface area (Å²) in [4.78, 5) is 60.8. The van der Waals surface area contributed by atoms with Crippen LogP contribution < -0.4 is 11.1 Å². The van der Waals surface area contributed by atoms with Crippen molar-refractivity contribution in [3.05, 3.63) is 22.3 Å². The third kappa shape index (κ3) is 6.50. The van der Waals surface area contributed by atoms with E-state index >= 15 is 0 Å². The van der Waals surface area contributed by atoms with E-state index < -0.39 is 47.7 Å². The quantitative estimate of drug-likeness (QED) is 0.136. The number of esters is 1. The van der Waals surface area contributed by atoms with E-state index in [0.29, 0.717) is 11.3 Å². The normalized spacial score (nSPS) is 20.1. The van der Waals surface area contributed by atoms with E-state index in [1.165, 1.54) is 43.2 Å². The van der Waals surface area contributed by atoms with Crippen molar-refractivity contribution in [1.29, 1.82) is 0 Å². The number of methoxy groups -OCH3 is 1. The molecule has 3 rings (SSSR count). The van der Waals surface area contributed by atoms with E-state index in [2.05, 4.69) is 15.5 Å². The summed E-state index contributed by atoms with van der Waals surface area (Å²) in [6, 6.07) is -0.961. The van der Waals surface area contributed by atoms with Gasteiger partial charge in [0.25, 0.3) is 11.8 Å². The molecule has 16 heteroatoms. The number of anilines is 1. The molecule has 202 valence electrons. The number of oxime groups is 1. The average Bonchev–Trinajstić information content (AvgIpc) is 3.25. The molecule has 0 unspecified atom stereocenters. The number of carbonyl (C=O) groups excluding carboxylic acids is 4. The van der Waals surface area contributed by atoms with E-state index in [9.17, 15) is 19.2 Å². The van der Waals surface area contributed by atoms with Crippen molar-refractivity contribution in [3.8, 4) is 0 Å². The van der Waals surface area contributed by atoms with E-state index in [-0.39, 0.29) is 28.8 Å². The van der Waals surface area contributed by atoms with E-state index in [0.717, 1.165) is 11.3 Å². The van der Waals surface area contributed by atoms with Gasteiger partial charge in [-0.15, -0.1) is 23.1 Å². The van der Waals surface area contributed by atoms with Crippen molar-refractivity contribution in [2.45, 2.75) is 44.6 Å². The number of carbonyl (C=O) groups is 4. The molecule has 0 bridgehead atoms. The molecular weight excluding hydrogens is 530 g/mol. The fraction of sp³-hybridized carbons (Fsp3) is 0.524. The molecule has 3 atom stereocenters. The van der Waals surface area contributed by atoms with Gasteiger partial charge < -0.3 is 34.8 Å². The minimum Gasteiger partial charge on any atom is -0.431 e. The second kappa shape index (κ2) is 12.2. The topological polar surface area (TPSA) is 181 Å². The van der Waals surface area contributed by atoms with Crippen LogP contribution in [0.25, 0.3) is 0 Å². The molecule has 1 fully saturated rings. The fourth-order valence-corrected chi connectivity index (χ4v) is 5.32. The van der Waals surface area contributed by atoms with Gasteiger partial charge >= 0.3 is 12.1 Å². The number of ether oxygens (including phenoxy) is 4. The Balaban J connectivity index is 1.74.